The Bertz CT molecular complexity index is 286. The van der Waals surface area contributed by atoms with E-state index < -0.39 is 12.2 Å². The van der Waals surface area contributed by atoms with Crippen LogP contribution >= 0.6 is 0 Å². The molecule has 0 amide bonds. The van der Waals surface area contributed by atoms with E-state index in [1.807, 2.05) is 0 Å². The van der Waals surface area contributed by atoms with Gasteiger partial charge in [-0.3, -0.25) is 9.80 Å². The summed E-state index contributed by atoms with van der Waals surface area (Å²) in [4.78, 5) is 3.55. The van der Waals surface area contributed by atoms with Crippen molar-refractivity contribution in [3.05, 3.63) is 0 Å². The molecule has 0 radical (unpaired) electrons. The number of ether oxygens (including phenoxy) is 2. The molecule has 0 aliphatic carbocycles. The topological polar surface area (TPSA) is 146 Å². The maximum atomic E-state index is 9.91. The van der Waals surface area contributed by atoms with Crippen molar-refractivity contribution in [2.24, 2.45) is 0 Å². The lowest BCUT2D eigenvalue weighted by atomic mass is 10.3. The highest BCUT2D eigenvalue weighted by Gasteiger charge is 2.12. The molecule has 0 aromatic heterocycles. The van der Waals surface area contributed by atoms with Gasteiger partial charge < -0.3 is 40.1 Å². The van der Waals surface area contributed by atoms with Crippen LogP contribution < -0.4 is 0 Å². The molecular formula is C18H40N2O8. The molecule has 6 N–H and O–H groups in total. The highest BCUT2D eigenvalue weighted by molar-refractivity contribution is 4.65. The molecule has 10 heteroatoms. The Morgan fingerprint density at radius 3 is 1.18 bits per heavy atom. The molecule has 170 valence electrons. The third-order valence-corrected chi connectivity index (χ3v) is 4.05. The van der Waals surface area contributed by atoms with Gasteiger partial charge in [0.25, 0.3) is 0 Å². The van der Waals surface area contributed by atoms with Gasteiger partial charge in [-0.05, 0) is 12.8 Å². The first kappa shape index (κ1) is 27.6. The van der Waals surface area contributed by atoms with Crippen LogP contribution in [0.1, 0.15) is 12.8 Å². The van der Waals surface area contributed by atoms with Gasteiger partial charge in [0.1, 0.15) is 0 Å². The smallest absolute Gasteiger partial charge is 0.0900 e. The summed E-state index contributed by atoms with van der Waals surface area (Å²) in [6.07, 6.45) is 0.178. The van der Waals surface area contributed by atoms with Crippen LogP contribution in [0.3, 0.4) is 0 Å². The molecule has 0 aromatic rings. The van der Waals surface area contributed by atoms with Gasteiger partial charge in [0.05, 0.1) is 51.8 Å². The zero-order chi connectivity index (χ0) is 21.0. The average Bonchev–Trinajstić information content (AvgIpc) is 2.64. The minimum atomic E-state index is -0.676. The fourth-order valence-corrected chi connectivity index (χ4v) is 2.70. The summed E-state index contributed by atoms with van der Waals surface area (Å²) < 4.78 is 10.9. The maximum absolute atomic E-state index is 9.91. The number of unbranched alkanes of at least 4 members (excludes halogenated alkanes) is 1. The first-order chi connectivity index (χ1) is 13.6. The van der Waals surface area contributed by atoms with E-state index in [-0.39, 0.29) is 39.6 Å². The Morgan fingerprint density at radius 1 is 0.571 bits per heavy atom. The van der Waals surface area contributed by atoms with Gasteiger partial charge in [0.15, 0.2) is 0 Å². The minimum absolute atomic E-state index is 0.0246. The zero-order valence-corrected chi connectivity index (χ0v) is 16.9. The lowest BCUT2D eigenvalue weighted by molar-refractivity contribution is 0.000217. The summed E-state index contributed by atoms with van der Waals surface area (Å²) in [7, 11) is 0. The Kier molecular flexibility index (Phi) is 19.6. The van der Waals surface area contributed by atoms with Crippen molar-refractivity contribution in [3.63, 3.8) is 0 Å². The fourth-order valence-electron chi connectivity index (χ4n) is 2.70. The number of aliphatic hydroxyl groups excluding tert-OH is 6. The lowest BCUT2D eigenvalue weighted by Crippen LogP contribution is -2.38. The van der Waals surface area contributed by atoms with E-state index in [0.29, 0.717) is 52.5 Å². The van der Waals surface area contributed by atoms with E-state index >= 15 is 0 Å². The van der Waals surface area contributed by atoms with Crippen molar-refractivity contribution in [2.75, 3.05) is 92.1 Å². The van der Waals surface area contributed by atoms with E-state index in [9.17, 15) is 10.2 Å². The Labute approximate surface area is 167 Å². The van der Waals surface area contributed by atoms with Gasteiger partial charge in [0.2, 0.25) is 0 Å². The van der Waals surface area contributed by atoms with Crippen LogP contribution in [-0.2, 0) is 9.47 Å². The van der Waals surface area contributed by atoms with Crippen LogP contribution in [0.4, 0.5) is 0 Å². The van der Waals surface area contributed by atoms with Crippen molar-refractivity contribution in [1.29, 1.82) is 0 Å². The van der Waals surface area contributed by atoms with Gasteiger partial charge in [-0.15, -0.1) is 0 Å². The van der Waals surface area contributed by atoms with Gasteiger partial charge >= 0.3 is 0 Å². The summed E-state index contributed by atoms with van der Waals surface area (Å²) in [5, 5.41) is 55.5. The third kappa shape index (κ3) is 16.5. The summed E-state index contributed by atoms with van der Waals surface area (Å²) in [6.45, 7) is 3.55. The quantitative estimate of drug-likeness (QED) is 0.109. The molecule has 0 saturated heterocycles. The minimum Gasteiger partial charge on any atom is -0.395 e. The Balaban J connectivity index is 3.62. The molecule has 10 nitrogen and oxygen atoms in total. The molecule has 2 atom stereocenters. The van der Waals surface area contributed by atoms with Crippen molar-refractivity contribution in [2.45, 2.75) is 25.0 Å². The third-order valence-electron chi connectivity index (χ3n) is 4.05. The number of aliphatic hydroxyl groups is 6. The van der Waals surface area contributed by atoms with Crippen LogP contribution in [0.25, 0.3) is 0 Å². The fraction of sp³-hybridized carbons (Fsp3) is 1.00. The number of hydrogen-bond acceptors (Lipinski definition) is 10. The molecule has 0 aliphatic heterocycles. The number of hydrogen-bond donors (Lipinski definition) is 6. The predicted octanol–water partition coefficient (Wildman–Crippen LogP) is -2.91. The molecular weight excluding hydrogens is 372 g/mol. The number of nitrogens with zero attached hydrogens (tertiary/aromatic N) is 2. The van der Waals surface area contributed by atoms with E-state index in [1.54, 1.807) is 9.80 Å². The van der Waals surface area contributed by atoms with Crippen molar-refractivity contribution in [3.8, 4) is 0 Å². The first-order valence-corrected chi connectivity index (χ1v) is 9.97. The van der Waals surface area contributed by atoms with E-state index in [1.165, 1.54) is 0 Å². The average molecular weight is 413 g/mol. The summed E-state index contributed by atoms with van der Waals surface area (Å²) >= 11 is 0. The van der Waals surface area contributed by atoms with Crippen LogP contribution in [0.5, 0.6) is 0 Å². The van der Waals surface area contributed by atoms with Gasteiger partial charge in [-0.2, -0.15) is 0 Å². The maximum Gasteiger partial charge on any atom is 0.0900 e. The summed E-state index contributed by atoms with van der Waals surface area (Å²) in [5.41, 5.74) is 0. The summed E-state index contributed by atoms with van der Waals surface area (Å²) in [6, 6.07) is 0. The molecule has 0 aliphatic rings. The highest BCUT2D eigenvalue weighted by Crippen LogP contribution is 1.98. The van der Waals surface area contributed by atoms with E-state index in [4.69, 9.17) is 29.9 Å². The Hall–Kier alpha value is -0.400. The normalized spacial score (nSPS) is 14.1. The second kappa shape index (κ2) is 19.9. The van der Waals surface area contributed by atoms with Gasteiger partial charge in [0, 0.05) is 52.5 Å². The molecule has 0 rings (SSSR count). The zero-order valence-electron chi connectivity index (χ0n) is 16.9. The van der Waals surface area contributed by atoms with Gasteiger partial charge in [-0.1, -0.05) is 0 Å². The predicted molar refractivity (Wildman–Crippen MR) is 104 cm³/mol. The summed E-state index contributed by atoms with van der Waals surface area (Å²) in [5.74, 6) is 0. The molecule has 28 heavy (non-hydrogen) atoms. The molecule has 0 spiro atoms. The monoisotopic (exact) mass is 412 g/mol. The van der Waals surface area contributed by atoms with Crippen LogP contribution in [0, 0.1) is 0 Å². The largest absolute Gasteiger partial charge is 0.395 e. The van der Waals surface area contributed by atoms with E-state index in [2.05, 4.69) is 0 Å². The first-order valence-electron chi connectivity index (χ1n) is 9.97. The van der Waals surface area contributed by atoms with Crippen LogP contribution in [0.15, 0.2) is 0 Å². The molecule has 0 bridgehead atoms. The number of rotatable bonds is 21. The molecule has 2 unspecified atom stereocenters. The standard InChI is InChI=1S/C18H40N2O8/c21-7-3-19(4-8-22)13-17(25)15-27-11-1-2-12-28-16-18(26)14-20(5-9-23)6-10-24/h17-18,21-26H,1-16H2. The lowest BCUT2D eigenvalue weighted by Gasteiger charge is -2.23. The highest BCUT2D eigenvalue weighted by atomic mass is 16.5. The van der Waals surface area contributed by atoms with Crippen molar-refractivity contribution in [1.82, 2.24) is 9.80 Å². The second-order valence-electron chi connectivity index (χ2n) is 6.66. The Morgan fingerprint density at radius 2 is 0.893 bits per heavy atom. The second-order valence-corrected chi connectivity index (χ2v) is 6.66. The molecule has 0 fully saturated rings. The van der Waals surface area contributed by atoms with Crippen LogP contribution in [0.2, 0.25) is 0 Å². The SMILES string of the molecule is OCCN(CCO)CC(O)COCCCCOCC(O)CN(CCO)CCO. The van der Waals surface area contributed by atoms with Crippen molar-refractivity contribution < 1.29 is 40.1 Å². The molecule has 0 aromatic carbocycles. The van der Waals surface area contributed by atoms with Crippen LogP contribution in [-0.4, -0.2) is 145 Å². The molecule has 0 heterocycles. The van der Waals surface area contributed by atoms with Crippen molar-refractivity contribution >= 4 is 0 Å². The van der Waals surface area contributed by atoms with E-state index in [0.717, 1.165) is 12.8 Å². The molecule has 0 saturated carbocycles. The van der Waals surface area contributed by atoms with Gasteiger partial charge in [-0.25, -0.2) is 0 Å².